The first kappa shape index (κ1) is 18.3. The van der Waals surface area contributed by atoms with E-state index in [1.165, 1.54) is 16.6 Å². The van der Waals surface area contributed by atoms with Crippen LogP contribution < -0.4 is 25.9 Å². The van der Waals surface area contributed by atoms with Gasteiger partial charge in [0.15, 0.2) is 0 Å². The first-order valence-electron chi connectivity index (χ1n) is 10.8. The highest BCUT2D eigenvalue weighted by molar-refractivity contribution is 6.98. The van der Waals surface area contributed by atoms with Crippen molar-refractivity contribution in [3.05, 3.63) is 84.1 Å². The number of hydrogen-bond acceptors (Lipinski definition) is 3. The summed E-state index contributed by atoms with van der Waals surface area (Å²) < 4.78 is 12.8. The van der Waals surface area contributed by atoms with Crippen LogP contribution in [0.3, 0.4) is 0 Å². The molecule has 0 aliphatic carbocycles. The first-order chi connectivity index (χ1) is 15.1. The minimum atomic E-state index is 0.0786. The quantitative estimate of drug-likeness (QED) is 0.385. The van der Waals surface area contributed by atoms with E-state index in [2.05, 4.69) is 57.2 Å². The van der Waals surface area contributed by atoms with Gasteiger partial charge in [-0.3, -0.25) is 4.98 Å². The molecule has 0 radical (unpaired) electrons. The molecule has 6 rings (SSSR count). The van der Waals surface area contributed by atoms with E-state index in [4.69, 9.17) is 14.5 Å². The normalized spacial score (nSPS) is 13.1. The Labute approximate surface area is 182 Å². The zero-order valence-electron chi connectivity index (χ0n) is 17.8. The third kappa shape index (κ3) is 2.71. The molecule has 0 amide bonds. The molecule has 4 aromatic rings. The predicted octanol–water partition coefficient (Wildman–Crippen LogP) is 4.91. The standard InChI is InChI=1S/C27H22BNO2/c1-16(2)19-14-22(29-15-17(19)3)18-8-6-10-21-27(18)31-25-13-7-12-24-26(25)28(21)20-9-4-5-11-23(20)30-24/h4-16H,1-3H3. The maximum Gasteiger partial charge on any atom is 0.260 e. The van der Waals surface area contributed by atoms with Crippen molar-refractivity contribution in [2.45, 2.75) is 26.7 Å². The van der Waals surface area contributed by atoms with Gasteiger partial charge in [0.25, 0.3) is 6.71 Å². The van der Waals surface area contributed by atoms with Crippen LogP contribution in [0, 0.1) is 6.92 Å². The summed E-state index contributed by atoms with van der Waals surface area (Å²) in [6.45, 7) is 6.65. The Balaban J connectivity index is 1.60. The number of para-hydroxylation sites is 2. The van der Waals surface area contributed by atoms with Crippen molar-refractivity contribution in [2.75, 3.05) is 0 Å². The van der Waals surface area contributed by atoms with E-state index in [0.717, 1.165) is 45.2 Å². The van der Waals surface area contributed by atoms with Gasteiger partial charge < -0.3 is 9.47 Å². The van der Waals surface area contributed by atoms with Crippen LogP contribution in [0.4, 0.5) is 0 Å². The summed E-state index contributed by atoms with van der Waals surface area (Å²) in [7, 11) is 0. The molecule has 0 spiro atoms. The molecule has 3 nitrogen and oxygen atoms in total. The van der Waals surface area contributed by atoms with E-state index in [9.17, 15) is 0 Å². The number of pyridine rings is 1. The van der Waals surface area contributed by atoms with Gasteiger partial charge in [0.1, 0.15) is 23.0 Å². The van der Waals surface area contributed by atoms with Gasteiger partial charge >= 0.3 is 0 Å². The van der Waals surface area contributed by atoms with Crippen LogP contribution >= 0.6 is 0 Å². The molecule has 0 atom stereocenters. The monoisotopic (exact) mass is 403 g/mol. The molecule has 4 heteroatoms. The molecule has 2 aliphatic rings. The summed E-state index contributed by atoms with van der Waals surface area (Å²) in [5.74, 6) is 3.96. The van der Waals surface area contributed by atoms with Gasteiger partial charge in [0.2, 0.25) is 0 Å². The zero-order valence-corrected chi connectivity index (χ0v) is 17.8. The van der Waals surface area contributed by atoms with E-state index in [1.54, 1.807) is 0 Å². The second-order valence-electron chi connectivity index (χ2n) is 8.65. The lowest BCUT2D eigenvalue weighted by Crippen LogP contribution is -2.57. The van der Waals surface area contributed by atoms with Crippen LogP contribution in [0.25, 0.3) is 11.3 Å². The van der Waals surface area contributed by atoms with Gasteiger partial charge in [-0.05, 0) is 65.2 Å². The Kier molecular flexibility index (Phi) is 3.97. The van der Waals surface area contributed by atoms with Crippen molar-refractivity contribution in [1.82, 2.24) is 4.98 Å². The second-order valence-corrected chi connectivity index (χ2v) is 8.65. The van der Waals surface area contributed by atoms with E-state index in [0.29, 0.717) is 5.92 Å². The van der Waals surface area contributed by atoms with Crippen LogP contribution in [0.2, 0.25) is 0 Å². The fourth-order valence-corrected chi connectivity index (χ4v) is 4.91. The highest BCUT2D eigenvalue weighted by Gasteiger charge is 2.40. The van der Waals surface area contributed by atoms with Crippen molar-refractivity contribution in [3.8, 4) is 34.3 Å². The van der Waals surface area contributed by atoms with Crippen LogP contribution in [-0.2, 0) is 0 Å². The summed E-state index contributed by atoms with van der Waals surface area (Å²) in [6.07, 6.45) is 1.97. The van der Waals surface area contributed by atoms with Crippen molar-refractivity contribution in [2.24, 2.45) is 0 Å². The molecule has 0 unspecified atom stereocenters. The number of hydrogen-bond donors (Lipinski definition) is 0. The number of ether oxygens (including phenoxy) is 2. The molecule has 0 fully saturated rings. The van der Waals surface area contributed by atoms with E-state index in [1.807, 2.05) is 36.5 Å². The fourth-order valence-electron chi connectivity index (χ4n) is 4.91. The second kappa shape index (κ2) is 6.74. The third-order valence-corrected chi connectivity index (χ3v) is 6.38. The largest absolute Gasteiger partial charge is 0.458 e. The van der Waals surface area contributed by atoms with Gasteiger partial charge in [0, 0.05) is 17.2 Å². The van der Waals surface area contributed by atoms with Crippen LogP contribution in [0.1, 0.15) is 30.9 Å². The van der Waals surface area contributed by atoms with Gasteiger partial charge in [-0.15, -0.1) is 0 Å². The summed E-state index contributed by atoms with van der Waals surface area (Å²) in [5, 5.41) is 0. The molecule has 2 aliphatic heterocycles. The summed E-state index contributed by atoms with van der Waals surface area (Å²) in [6, 6.07) is 22.9. The third-order valence-electron chi connectivity index (χ3n) is 6.38. The predicted molar refractivity (Wildman–Crippen MR) is 126 cm³/mol. The molecule has 0 saturated carbocycles. The smallest absolute Gasteiger partial charge is 0.260 e. The summed E-state index contributed by atoms with van der Waals surface area (Å²) in [5.41, 5.74) is 7.94. The molecular weight excluding hydrogens is 381 g/mol. The number of rotatable bonds is 2. The van der Waals surface area contributed by atoms with Crippen LogP contribution in [-0.4, -0.2) is 11.7 Å². The minimum Gasteiger partial charge on any atom is -0.458 e. The Hall–Kier alpha value is -3.53. The SMILES string of the molecule is Cc1cnc(-c2cccc3c2Oc2cccc4c2B3c2ccccc2O4)cc1C(C)C. The molecule has 150 valence electrons. The van der Waals surface area contributed by atoms with E-state index >= 15 is 0 Å². The number of benzene rings is 3. The van der Waals surface area contributed by atoms with Gasteiger partial charge in [-0.1, -0.05) is 50.2 Å². The molecule has 31 heavy (non-hydrogen) atoms. The van der Waals surface area contributed by atoms with Crippen molar-refractivity contribution in [1.29, 1.82) is 0 Å². The molecule has 0 bridgehead atoms. The zero-order chi connectivity index (χ0) is 21.1. The number of aryl methyl sites for hydroxylation is 1. The maximum atomic E-state index is 6.54. The lowest BCUT2D eigenvalue weighted by atomic mass is 9.34. The van der Waals surface area contributed by atoms with Gasteiger partial charge in [-0.2, -0.15) is 0 Å². The molecule has 1 aromatic heterocycles. The Morgan fingerprint density at radius 1 is 0.806 bits per heavy atom. The van der Waals surface area contributed by atoms with E-state index < -0.39 is 0 Å². The van der Waals surface area contributed by atoms with Gasteiger partial charge in [-0.25, -0.2) is 0 Å². The van der Waals surface area contributed by atoms with Crippen molar-refractivity contribution < 1.29 is 9.47 Å². The average molecular weight is 403 g/mol. The molecular formula is C27H22BNO2. The molecule has 3 heterocycles. The van der Waals surface area contributed by atoms with E-state index in [-0.39, 0.29) is 6.71 Å². The summed E-state index contributed by atoms with van der Waals surface area (Å²) >= 11 is 0. The summed E-state index contributed by atoms with van der Waals surface area (Å²) in [4.78, 5) is 4.78. The maximum absolute atomic E-state index is 6.54. The first-order valence-corrected chi connectivity index (χ1v) is 10.8. The molecule has 0 saturated heterocycles. The topological polar surface area (TPSA) is 31.4 Å². The lowest BCUT2D eigenvalue weighted by Gasteiger charge is -2.33. The highest BCUT2D eigenvalue weighted by Crippen LogP contribution is 2.38. The van der Waals surface area contributed by atoms with Gasteiger partial charge in [0.05, 0.1) is 5.69 Å². The lowest BCUT2D eigenvalue weighted by molar-refractivity contribution is 0.465. The number of fused-ring (bicyclic) bond motifs is 4. The van der Waals surface area contributed by atoms with Crippen molar-refractivity contribution in [3.63, 3.8) is 0 Å². The molecule has 3 aromatic carbocycles. The number of aromatic nitrogens is 1. The Bertz CT molecular complexity index is 1350. The Morgan fingerprint density at radius 2 is 1.52 bits per heavy atom. The fraction of sp³-hybridized carbons (Fsp3) is 0.148. The van der Waals surface area contributed by atoms with Crippen LogP contribution in [0.15, 0.2) is 72.9 Å². The minimum absolute atomic E-state index is 0.0786. The molecule has 0 N–H and O–H groups in total. The number of nitrogens with zero attached hydrogens (tertiary/aromatic N) is 1. The Morgan fingerprint density at radius 3 is 2.35 bits per heavy atom. The van der Waals surface area contributed by atoms with Crippen LogP contribution in [0.5, 0.6) is 23.0 Å². The highest BCUT2D eigenvalue weighted by atomic mass is 16.5. The van der Waals surface area contributed by atoms with Crippen molar-refractivity contribution >= 4 is 23.1 Å². The average Bonchev–Trinajstić information content (AvgIpc) is 2.79.